The van der Waals surface area contributed by atoms with Gasteiger partial charge in [-0.1, -0.05) is 56.2 Å². The van der Waals surface area contributed by atoms with Crippen LogP contribution in [0.3, 0.4) is 0 Å². The first-order valence-electron chi connectivity index (χ1n) is 13.0. The minimum Gasteiger partial charge on any atom is -0.497 e. The SMILES string of the molecule is COC1=CC(C)(Cn2c(C(=O)O)c(-c3ccc(C(=O)N(C)C4CCCC4)cc3)c3ccccc32)CC=C1. The van der Waals surface area contributed by atoms with E-state index in [0.29, 0.717) is 23.7 Å². The molecule has 3 aromatic rings. The number of nitrogens with zero attached hydrogens (tertiary/aromatic N) is 2. The second-order valence-electron chi connectivity index (χ2n) is 10.6. The number of methoxy groups -OCH3 is 1. The summed E-state index contributed by atoms with van der Waals surface area (Å²) in [7, 11) is 3.53. The Bertz CT molecular complexity index is 1390. The molecule has 1 saturated carbocycles. The molecule has 37 heavy (non-hydrogen) atoms. The second kappa shape index (κ2) is 9.92. The highest BCUT2D eigenvalue weighted by atomic mass is 16.5. The highest BCUT2D eigenvalue weighted by Gasteiger charge is 2.31. The molecule has 5 rings (SSSR count). The number of amides is 1. The third-order valence-electron chi connectivity index (χ3n) is 7.90. The monoisotopic (exact) mass is 498 g/mol. The molecule has 2 aliphatic carbocycles. The van der Waals surface area contributed by atoms with E-state index in [2.05, 4.69) is 19.1 Å². The fourth-order valence-corrected chi connectivity index (χ4v) is 5.92. The van der Waals surface area contributed by atoms with Crippen molar-refractivity contribution in [1.82, 2.24) is 9.47 Å². The van der Waals surface area contributed by atoms with Gasteiger partial charge in [0.15, 0.2) is 0 Å². The van der Waals surface area contributed by atoms with Crippen molar-refractivity contribution < 1.29 is 19.4 Å². The van der Waals surface area contributed by atoms with Crippen LogP contribution in [0.25, 0.3) is 22.0 Å². The van der Waals surface area contributed by atoms with E-state index in [1.54, 1.807) is 7.11 Å². The number of carboxylic acid groups (broad SMARTS) is 1. The molecule has 6 nitrogen and oxygen atoms in total. The van der Waals surface area contributed by atoms with Crippen LogP contribution < -0.4 is 0 Å². The van der Waals surface area contributed by atoms with Gasteiger partial charge in [0.25, 0.3) is 5.91 Å². The number of hydrogen-bond acceptors (Lipinski definition) is 3. The Morgan fingerprint density at radius 3 is 2.49 bits per heavy atom. The van der Waals surface area contributed by atoms with Gasteiger partial charge in [0, 0.05) is 47.1 Å². The molecule has 0 spiro atoms. The van der Waals surface area contributed by atoms with Crippen molar-refractivity contribution in [2.24, 2.45) is 5.41 Å². The van der Waals surface area contributed by atoms with Gasteiger partial charge >= 0.3 is 5.97 Å². The van der Waals surface area contributed by atoms with Gasteiger partial charge in [-0.25, -0.2) is 4.79 Å². The van der Waals surface area contributed by atoms with E-state index < -0.39 is 5.97 Å². The van der Waals surface area contributed by atoms with E-state index in [1.165, 1.54) is 12.8 Å². The van der Waals surface area contributed by atoms with Crippen molar-refractivity contribution in [3.63, 3.8) is 0 Å². The number of benzene rings is 2. The fraction of sp³-hybridized carbons (Fsp3) is 0.355. The number of hydrogen-bond donors (Lipinski definition) is 1. The first kappa shape index (κ1) is 24.9. The predicted molar refractivity (Wildman–Crippen MR) is 146 cm³/mol. The van der Waals surface area contributed by atoms with Crippen molar-refractivity contribution in [2.45, 2.75) is 51.6 Å². The fourth-order valence-electron chi connectivity index (χ4n) is 5.92. The van der Waals surface area contributed by atoms with E-state index >= 15 is 0 Å². The zero-order valence-electron chi connectivity index (χ0n) is 21.7. The molecule has 2 aromatic carbocycles. The van der Waals surface area contributed by atoms with Gasteiger partial charge in [0.05, 0.1) is 7.11 Å². The maximum absolute atomic E-state index is 13.1. The summed E-state index contributed by atoms with van der Waals surface area (Å²) >= 11 is 0. The van der Waals surface area contributed by atoms with Crippen LogP contribution in [0.4, 0.5) is 0 Å². The molecule has 2 aliphatic rings. The normalized spacial score (nSPS) is 19.7. The zero-order valence-corrected chi connectivity index (χ0v) is 21.7. The maximum atomic E-state index is 13.1. The topological polar surface area (TPSA) is 71.8 Å². The number of allylic oxidation sites excluding steroid dienone is 3. The average Bonchev–Trinajstić information content (AvgIpc) is 3.55. The molecule has 192 valence electrons. The van der Waals surface area contributed by atoms with E-state index in [1.807, 2.05) is 71.1 Å². The van der Waals surface area contributed by atoms with Crippen LogP contribution in [-0.2, 0) is 11.3 Å². The van der Waals surface area contributed by atoms with Crippen LogP contribution in [0.5, 0.6) is 0 Å². The van der Waals surface area contributed by atoms with Crippen molar-refractivity contribution in [2.75, 3.05) is 14.2 Å². The van der Waals surface area contributed by atoms with Gasteiger partial charge in [-0.05, 0) is 55.2 Å². The van der Waals surface area contributed by atoms with E-state index in [9.17, 15) is 14.7 Å². The molecule has 1 aromatic heterocycles. The van der Waals surface area contributed by atoms with Crippen LogP contribution in [0.15, 0.2) is 72.5 Å². The van der Waals surface area contributed by atoms with Gasteiger partial charge in [-0.15, -0.1) is 0 Å². The Kier molecular flexibility index (Phi) is 6.67. The minimum atomic E-state index is -0.974. The maximum Gasteiger partial charge on any atom is 0.353 e. The quantitative estimate of drug-likeness (QED) is 0.403. The van der Waals surface area contributed by atoms with Crippen molar-refractivity contribution in [3.05, 3.63) is 83.8 Å². The number of ether oxygens (including phenoxy) is 1. The Hall–Kier alpha value is -3.80. The predicted octanol–water partition coefficient (Wildman–Crippen LogP) is 6.52. The molecule has 0 aliphatic heterocycles. The number of aromatic carboxylic acids is 1. The zero-order chi connectivity index (χ0) is 26.2. The molecular formula is C31H34N2O4. The number of aromatic nitrogens is 1. The number of carbonyl (C=O) groups excluding carboxylic acids is 1. The largest absolute Gasteiger partial charge is 0.497 e. The molecule has 1 heterocycles. The van der Waals surface area contributed by atoms with Crippen LogP contribution in [-0.4, -0.2) is 46.6 Å². The van der Waals surface area contributed by atoms with Gasteiger partial charge < -0.3 is 19.3 Å². The van der Waals surface area contributed by atoms with Gasteiger partial charge in [-0.3, -0.25) is 4.79 Å². The molecule has 0 bridgehead atoms. The van der Waals surface area contributed by atoms with E-state index in [-0.39, 0.29) is 17.0 Å². The number of fused-ring (bicyclic) bond motifs is 1. The Morgan fingerprint density at radius 1 is 1.11 bits per heavy atom. The molecule has 1 amide bonds. The van der Waals surface area contributed by atoms with Crippen LogP contribution in [0, 0.1) is 5.41 Å². The summed E-state index contributed by atoms with van der Waals surface area (Å²) in [6.07, 6.45) is 11.3. The number of rotatable bonds is 7. The smallest absolute Gasteiger partial charge is 0.353 e. The number of carbonyl (C=O) groups is 2. The summed E-state index contributed by atoms with van der Waals surface area (Å²) in [4.78, 5) is 27.7. The van der Waals surface area contributed by atoms with Crippen LogP contribution in [0.2, 0.25) is 0 Å². The van der Waals surface area contributed by atoms with Crippen molar-refractivity contribution >= 4 is 22.8 Å². The van der Waals surface area contributed by atoms with Crippen molar-refractivity contribution in [3.8, 4) is 11.1 Å². The first-order valence-corrected chi connectivity index (χ1v) is 13.0. The highest BCUT2D eigenvalue weighted by Crippen LogP contribution is 2.39. The summed E-state index contributed by atoms with van der Waals surface area (Å²) in [5, 5.41) is 11.3. The lowest BCUT2D eigenvalue weighted by Gasteiger charge is -2.29. The molecule has 0 saturated heterocycles. The molecule has 1 fully saturated rings. The lowest BCUT2D eigenvalue weighted by Crippen LogP contribution is -2.35. The third kappa shape index (κ3) is 4.68. The summed E-state index contributed by atoms with van der Waals surface area (Å²) in [5.74, 6) is -0.179. The summed E-state index contributed by atoms with van der Waals surface area (Å²) in [6.45, 7) is 2.62. The Labute approximate surface area is 217 Å². The first-order chi connectivity index (χ1) is 17.8. The van der Waals surface area contributed by atoms with Gasteiger partial charge in [-0.2, -0.15) is 0 Å². The van der Waals surface area contributed by atoms with Gasteiger partial charge in [0.2, 0.25) is 0 Å². The Morgan fingerprint density at radius 2 is 1.81 bits per heavy atom. The second-order valence-corrected chi connectivity index (χ2v) is 10.6. The summed E-state index contributed by atoms with van der Waals surface area (Å²) in [5.41, 5.74) is 2.92. The molecule has 1 N–H and O–H groups in total. The Balaban J connectivity index is 1.56. The molecule has 6 heteroatoms. The van der Waals surface area contributed by atoms with Gasteiger partial charge in [0.1, 0.15) is 11.5 Å². The molecule has 0 radical (unpaired) electrons. The van der Waals surface area contributed by atoms with Crippen molar-refractivity contribution in [1.29, 1.82) is 0 Å². The standard InChI is InChI=1S/C31H34N2O4/c1-31(18-8-11-24(19-31)37-3)20-33-26-13-7-6-12-25(26)27(28(33)30(35)36)21-14-16-22(17-15-21)29(34)32(2)23-9-4-5-10-23/h6-8,11-17,19,23H,4-5,9-10,18,20H2,1-3H3,(H,35,36). The summed E-state index contributed by atoms with van der Waals surface area (Å²) < 4.78 is 7.38. The average molecular weight is 499 g/mol. The van der Waals surface area contributed by atoms with Crippen LogP contribution >= 0.6 is 0 Å². The molecule has 1 unspecified atom stereocenters. The minimum absolute atomic E-state index is 0.0124. The van der Waals surface area contributed by atoms with Crippen LogP contribution in [0.1, 0.15) is 59.9 Å². The van der Waals surface area contributed by atoms with E-state index in [4.69, 9.17) is 4.74 Å². The van der Waals surface area contributed by atoms with E-state index in [0.717, 1.165) is 41.5 Å². The lowest BCUT2D eigenvalue weighted by atomic mass is 9.83. The molecular weight excluding hydrogens is 464 g/mol. The highest BCUT2D eigenvalue weighted by molar-refractivity contribution is 6.08. The molecule has 1 atom stereocenters. The number of carboxylic acids is 1. The number of para-hydroxylation sites is 1. The lowest BCUT2D eigenvalue weighted by molar-refractivity contribution is 0.0683. The summed E-state index contributed by atoms with van der Waals surface area (Å²) in [6, 6.07) is 15.5. The third-order valence-corrected chi connectivity index (χ3v) is 7.90.